The normalized spacial score (nSPS) is 18.5. The van der Waals surface area contributed by atoms with E-state index in [-0.39, 0.29) is 11.9 Å². The van der Waals surface area contributed by atoms with Crippen molar-refractivity contribution in [2.45, 2.75) is 45.2 Å². The number of aromatic nitrogens is 1. The Hall–Kier alpha value is -1.72. The summed E-state index contributed by atoms with van der Waals surface area (Å²) in [6.07, 6.45) is 4.97. The lowest BCUT2D eigenvalue weighted by Crippen LogP contribution is -2.36. The van der Waals surface area contributed by atoms with E-state index in [1.54, 1.807) is 11.3 Å². The number of rotatable bonds is 5. The van der Waals surface area contributed by atoms with Gasteiger partial charge in [0.15, 0.2) is 0 Å². The second-order valence-corrected chi connectivity index (χ2v) is 7.70. The summed E-state index contributed by atoms with van der Waals surface area (Å²) in [5.41, 5.74) is 2.24. The molecule has 0 spiro atoms. The summed E-state index contributed by atoms with van der Waals surface area (Å²) < 4.78 is 0. The van der Waals surface area contributed by atoms with Crippen molar-refractivity contribution >= 4 is 17.2 Å². The molecule has 3 heterocycles. The Labute approximate surface area is 147 Å². The van der Waals surface area contributed by atoms with E-state index >= 15 is 0 Å². The van der Waals surface area contributed by atoms with Crippen LogP contribution in [0.1, 0.15) is 51.6 Å². The van der Waals surface area contributed by atoms with Crippen molar-refractivity contribution in [2.24, 2.45) is 0 Å². The minimum absolute atomic E-state index is 0.102. The fourth-order valence-corrected chi connectivity index (χ4v) is 4.21. The van der Waals surface area contributed by atoms with Gasteiger partial charge in [-0.1, -0.05) is 6.07 Å². The van der Waals surface area contributed by atoms with Crippen LogP contribution in [0.3, 0.4) is 0 Å². The van der Waals surface area contributed by atoms with Crippen LogP contribution in [0.25, 0.3) is 0 Å². The van der Waals surface area contributed by atoms with Crippen LogP contribution in [0.15, 0.2) is 30.5 Å². The second kappa shape index (κ2) is 7.45. The molecule has 24 heavy (non-hydrogen) atoms. The van der Waals surface area contributed by atoms with Crippen LogP contribution in [-0.4, -0.2) is 35.4 Å². The molecule has 2 aromatic heterocycles. The molecular formula is C19H25N3OS. The molecule has 3 rings (SSSR count). The van der Waals surface area contributed by atoms with E-state index in [9.17, 15) is 4.79 Å². The molecule has 1 saturated heterocycles. The van der Waals surface area contributed by atoms with Crippen LogP contribution in [0, 0.1) is 6.92 Å². The highest BCUT2D eigenvalue weighted by atomic mass is 32.1. The van der Waals surface area contributed by atoms with Gasteiger partial charge in [-0.05, 0) is 57.0 Å². The minimum Gasteiger partial charge on any atom is -0.338 e. The first-order valence-electron chi connectivity index (χ1n) is 8.57. The molecular weight excluding hydrogens is 318 g/mol. The van der Waals surface area contributed by atoms with Crippen molar-refractivity contribution in [3.63, 3.8) is 0 Å². The van der Waals surface area contributed by atoms with E-state index in [1.165, 1.54) is 23.3 Å². The van der Waals surface area contributed by atoms with Gasteiger partial charge in [-0.2, -0.15) is 0 Å². The fourth-order valence-electron chi connectivity index (χ4n) is 3.11. The smallest absolute Gasteiger partial charge is 0.263 e. The number of amides is 1. The van der Waals surface area contributed by atoms with E-state index in [2.05, 4.69) is 36.3 Å². The van der Waals surface area contributed by atoms with E-state index in [4.69, 9.17) is 0 Å². The Morgan fingerprint density at radius 2 is 2.29 bits per heavy atom. The highest BCUT2D eigenvalue weighted by molar-refractivity contribution is 7.14. The number of hydrogen-bond acceptors (Lipinski definition) is 4. The van der Waals surface area contributed by atoms with Crippen molar-refractivity contribution in [3.05, 3.63) is 51.5 Å². The third-order valence-electron chi connectivity index (χ3n) is 4.83. The van der Waals surface area contributed by atoms with Crippen LogP contribution in [0.4, 0.5) is 0 Å². The van der Waals surface area contributed by atoms with Gasteiger partial charge in [0.25, 0.3) is 5.91 Å². The van der Waals surface area contributed by atoms with E-state index in [1.807, 2.05) is 30.3 Å². The maximum absolute atomic E-state index is 12.8. The third kappa shape index (κ3) is 3.68. The van der Waals surface area contributed by atoms with Gasteiger partial charge in [0.05, 0.1) is 4.88 Å². The lowest BCUT2D eigenvalue weighted by Gasteiger charge is -2.24. The number of pyridine rings is 1. The van der Waals surface area contributed by atoms with Gasteiger partial charge in [-0.25, -0.2) is 0 Å². The molecule has 1 N–H and O–H groups in total. The topological polar surface area (TPSA) is 45.2 Å². The summed E-state index contributed by atoms with van der Waals surface area (Å²) in [4.78, 5) is 21.2. The number of thiophene rings is 1. The number of aryl methyl sites for hydroxylation is 1. The molecule has 0 unspecified atom stereocenters. The summed E-state index contributed by atoms with van der Waals surface area (Å²) in [6.45, 7) is 5.22. The molecule has 4 nitrogen and oxygen atoms in total. The van der Waals surface area contributed by atoms with E-state index < -0.39 is 0 Å². The zero-order valence-corrected chi connectivity index (χ0v) is 15.4. The molecule has 1 aliphatic rings. The molecule has 0 bridgehead atoms. The quantitative estimate of drug-likeness (QED) is 0.902. The number of hydrogen-bond donors (Lipinski definition) is 1. The molecule has 1 aliphatic heterocycles. The van der Waals surface area contributed by atoms with Gasteiger partial charge >= 0.3 is 0 Å². The van der Waals surface area contributed by atoms with Gasteiger partial charge in [-0.15, -0.1) is 11.3 Å². The zero-order valence-electron chi connectivity index (χ0n) is 14.6. The van der Waals surface area contributed by atoms with Gasteiger partial charge in [0.1, 0.15) is 0 Å². The molecule has 5 heteroatoms. The van der Waals surface area contributed by atoms with Crippen LogP contribution < -0.4 is 5.32 Å². The third-order valence-corrected chi connectivity index (χ3v) is 6.02. The summed E-state index contributed by atoms with van der Waals surface area (Å²) in [5, 5.41) is 3.49. The number of carbonyl (C=O) groups excluding carboxylic acids is 1. The summed E-state index contributed by atoms with van der Waals surface area (Å²) >= 11 is 1.62. The molecule has 2 atom stereocenters. The zero-order chi connectivity index (χ0) is 17.1. The van der Waals surface area contributed by atoms with Crippen LogP contribution in [0.2, 0.25) is 0 Å². The molecule has 1 amide bonds. The van der Waals surface area contributed by atoms with Crippen molar-refractivity contribution in [1.82, 2.24) is 15.2 Å². The number of nitrogens with zero attached hydrogens (tertiary/aromatic N) is 2. The number of carbonyl (C=O) groups is 1. The maximum Gasteiger partial charge on any atom is 0.263 e. The van der Waals surface area contributed by atoms with Crippen molar-refractivity contribution in [3.8, 4) is 0 Å². The number of nitrogens with one attached hydrogen (secondary N) is 1. The Morgan fingerprint density at radius 3 is 3.00 bits per heavy atom. The molecule has 0 radical (unpaired) electrons. The predicted molar refractivity (Wildman–Crippen MR) is 98.5 cm³/mol. The van der Waals surface area contributed by atoms with Crippen LogP contribution >= 0.6 is 11.3 Å². The predicted octanol–water partition coefficient (Wildman–Crippen LogP) is 3.58. The maximum atomic E-state index is 12.8. The highest BCUT2D eigenvalue weighted by Gasteiger charge is 2.23. The minimum atomic E-state index is 0.102. The van der Waals surface area contributed by atoms with E-state index in [0.717, 1.165) is 23.5 Å². The van der Waals surface area contributed by atoms with Crippen LogP contribution in [-0.2, 0) is 6.42 Å². The molecule has 0 aromatic carbocycles. The average Bonchev–Trinajstić information content (AvgIpc) is 3.26. The first kappa shape index (κ1) is 17.1. The Bertz CT molecular complexity index is 706. The Morgan fingerprint density at radius 1 is 1.46 bits per heavy atom. The highest BCUT2D eigenvalue weighted by Crippen LogP contribution is 2.30. The SMILES string of the molecule is Cc1cccnc1C[C@@H](C)N(C)C(=O)c1ccc([C@@H]2CCCN2)s1. The first-order chi connectivity index (χ1) is 11.6. The molecule has 1 fully saturated rings. The van der Waals surface area contributed by atoms with Gasteiger partial charge < -0.3 is 10.2 Å². The van der Waals surface area contributed by atoms with Crippen LogP contribution in [0.5, 0.6) is 0 Å². The lowest BCUT2D eigenvalue weighted by molar-refractivity contribution is 0.0747. The van der Waals surface area contributed by atoms with Crippen molar-refractivity contribution in [1.29, 1.82) is 0 Å². The molecule has 2 aromatic rings. The molecule has 0 aliphatic carbocycles. The second-order valence-electron chi connectivity index (χ2n) is 6.59. The first-order valence-corrected chi connectivity index (χ1v) is 9.38. The largest absolute Gasteiger partial charge is 0.338 e. The standard InChI is InChI=1S/C19H25N3OS/c1-13-6-4-10-21-16(13)12-14(2)22(3)19(23)18-9-8-17(24-18)15-7-5-11-20-15/h4,6,8-10,14-15,20H,5,7,11-12H2,1-3H3/t14-,15+/m1/s1. The summed E-state index contributed by atoms with van der Waals surface area (Å²) in [6, 6.07) is 8.62. The van der Waals surface area contributed by atoms with Gasteiger partial charge in [-0.3, -0.25) is 9.78 Å². The molecule has 0 saturated carbocycles. The van der Waals surface area contributed by atoms with Crippen molar-refractivity contribution < 1.29 is 4.79 Å². The lowest BCUT2D eigenvalue weighted by atomic mass is 10.1. The Balaban J connectivity index is 1.66. The monoisotopic (exact) mass is 343 g/mol. The molecule has 128 valence electrons. The van der Waals surface area contributed by atoms with Gasteiger partial charge in [0, 0.05) is 42.3 Å². The summed E-state index contributed by atoms with van der Waals surface area (Å²) in [5.74, 6) is 0.102. The fraction of sp³-hybridized carbons (Fsp3) is 0.474. The number of likely N-dealkylation sites (N-methyl/N-ethyl adjacent to an activating group) is 1. The van der Waals surface area contributed by atoms with Gasteiger partial charge in [0.2, 0.25) is 0 Å². The van der Waals surface area contributed by atoms with Crippen molar-refractivity contribution in [2.75, 3.05) is 13.6 Å². The summed E-state index contributed by atoms with van der Waals surface area (Å²) in [7, 11) is 1.89. The van der Waals surface area contributed by atoms with E-state index in [0.29, 0.717) is 6.04 Å². The average molecular weight is 343 g/mol. The Kier molecular flexibility index (Phi) is 5.31.